The van der Waals surface area contributed by atoms with E-state index in [1.54, 1.807) is 23.8 Å². The molecule has 2 saturated heterocycles. The summed E-state index contributed by atoms with van der Waals surface area (Å²) in [4.78, 5) is 59.9. The van der Waals surface area contributed by atoms with Crippen LogP contribution in [0.3, 0.4) is 0 Å². The average Bonchev–Trinajstić information content (AvgIpc) is 3.46. The number of hydrogen-bond donors (Lipinski definition) is 2. The van der Waals surface area contributed by atoms with Gasteiger partial charge < -0.3 is 25.2 Å². The second kappa shape index (κ2) is 17.5. The Kier molecular flexibility index (Phi) is 15.0. The van der Waals surface area contributed by atoms with Crippen molar-refractivity contribution in [2.45, 2.75) is 144 Å². The molecule has 0 spiro atoms. The normalized spacial score (nSPS) is 21.3. The maximum Gasteiger partial charge on any atom is 0.249 e. The maximum atomic E-state index is 14.1. The van der Waals surface area contributed by atoms with Crippen LogP contribution in [0.25, 0.3) is 0 Å². The average molecular weight is 634 g/mol. The van der Waals surface area contributed by atoms with E-state index < -0.39 is 17.5 Å². The highest BCUT2D eigenvalue weighted by Crippen LogP contribution is 2.27. The molecule has 2 aliphatic heterocycles. The van der Waals surface area contributed by atoms with Crippen LogP contribution in [-0.4, -0.2) is 108 Å². The zero-order valence-electron chi connectivity index (χ0n) is 30.1. The van der Waals surface area contributed by atoms with Crippen molar-refractivity contribution < 1.29 is 23.9 Å². The highest BCUT2D eigenvalue weighted by atomic mass is 16.5. The molecule has 2 N–H and O–H groups in total. The summed E-state index contributed by atoms with van der Waals surface area (Å²) < 4.78 is 5.55. The second-order valence-electron chi connectivity index (χ2n) is 14.9. The third-order valence-electron chi connectivity index (χ3n) is 9.03. The molecule has 0 aromatic heterocycles. The largest absolute Gasteiger partial charge is 0.379 e. The lowest BCUT2D eigenvalue weighted by atomic mass is 9.84. The van der Waals surface area contributed by atoms with Gasteiger partial charge in [0.15, 0.2) is 0 Å². The van der Waals surface area contributed by atoms with Gasteiger partial charge in [-0.25, -0.2) is 0 Å². The van der Waals surface area contributed by atoms with E-state index in [0.717, 1.165) is 32.2 Å². The molecule has 45 heavy (non-hydrogen) atoms. The Morgan fingerprint density at radius 2 is 1.58 bits per heavy atom. The number of likely N-dealkylation sites (tertiary alicyclic amines) is 2. The molecule has 4 amide bonds. The van der Waals surface area contributed by atoms with Crippen LogP contribution in [0.5, 0.6) is 0 Å². The molecule has 4 atom stereocenters. The van der Waals surface area contributed by atoms with E-state index >= 15 is 0 Å². The molecule has 0 unspecified atom stereocenters. The van der Waals surface area contributed by atoms with Crippen molar-refractivity contribution in [3.05, 3.63) is 11.6 Å². The Bertz CT molecular complexity index is 1030. The number of ether oxygens (including phenoxy) is 1. The third-order valence-corrected chi connectivity index (χ3v) is 9.03. The molecule has 0 aromatic carbocycles. The number of carbonyl (C=O) groups is 4. The topological polar surface area (TPSA) is 111 Å². The molecule has 10 heteroatoms. The summed E-state index contributed by atoms with van der Waals surface area (Å²) in [7, 11) is 1.75. The highest BCUT2D eigenvalue weighted by molar-refractivity contribution is 5.97. The molecule has 2 fully saturated rings. The fourth-order valence-corrected chi connectivity index (χ4v) is 6.40. The molecular weight excluding hydrogens is 570 g/mol. The van der Waals surface area contributed by atoms with Crippen LogP contribution < -0.4 is 10.6 Å². The van der Waals surface area contributed by atoms with E-state index in [2.05, 4.69) is 29.4 Å². The van der Waals surface area contributed by atoms with Crippen molar-refractivity contribution in [3.8, 4) is 0 Å². The second-order valence-corrected chi connectivity index (χ2v) is 14.9. The molecule has 0 saturated carbocycles. The van der Waals surface area contributed by atoms with Crippen molar-refractivity contribution in [2.75, 3.05) is 33.3 Å². The maximum absolute atomic E-state index is 14.1. The summed E-state index contributed by atoms with van der Waals surface area (Å²) in [5, 5.41) is 6.10. The van der Waals surface area contributed by atoms with Gasteiger partial charge in [0.25, 0.3) is 0 Å². The monoisotopic (exact) mass is 633 g/mol. The Morgan fingerprint density at radius 1 is 0.933 bits per heavy atom. The standard InChI is InChI=1S/C35H63N5O5/c1-23(2)29(22-26(7)33(43)40-20-14-17-27(40)31(41)36-18-15-21-45-25(5)6)38(11)34(44)30(35(8,9)10)37-32(42)28-16-12-13-19-39(28)24(3)4/h22-25,27-30H,12-21H2,1-11H3,(H,36,41)(H,37,42)/t27-,28+,29+,30+/m0/s1. The number of rotatable bonds is 14. The molecule has 2 heterocycles. The Hall–Kier alpha value is -2.46. The van der Waals surface area contributed by atoms with Crippen LogP contribution in [0.1, 0.15) is 108 Å². The minimum atomic E-state index is -0.728. The van der Waals surface area contributed by atoms with E-state index in [4.69, 9.17) is 4.74 Å². The van der Waals surface area contributed by atoms with Gasteiger partial charge in [0, 0.05) is 38.4 Å². The van der Waals surface area contributed by atoms with Crippen molar-refractivity contribution in [1.29, 1.82) is 0 Å². The summed E-state index contributed by atoms with van der Waals surface area (Å²) in [5.41, 5.74) is -0.0182. The van der Waals surface area contributed by atoms with Crippen LogP contribution in [0.15, 0.2) is 11.6 Å². The van der Waals surface area contributed by atoms with E-state index in [9.17, 15) is 19.2 Å². The number of nitrogens with zero attached hydrogens (tertiary/aromatic N) is 3. The summed E-state index contributed by atoms with van der Waals surface area (Å²) >= 11 is 0. The Labute approximate surface area is 273 Å². The molecular formula is C35H63N5O5. The molecule has 2 aliphatic rings. The van der Waals surface area contributed by atoms with Gasteiger partial charge in [-0.15, -0.1) is 0 Å². The number of carbonyl (C=O) groups excluding carboxylic acids is 4. The van der Waals surface area contributed by atoms with E-state index in [0.29, 0.717) is 38.1 Å². The molecule has 0 aliphatic carbocycles. The molecule has 0 aromatic rings. The fraction of sp³-hybridized carbons (Fsp3) is 0.829. The van der Waals surface area contributed by atoms with Crippen LogP contribution in [0, 0.1) is 11.3 Å². The molecule has 0 radical (unpaired) electrons. The zero-order chi connectivity index (χ0) is 34.1. The van der Waals surface area contributed by atoms with E-state index in [1.165, 1.54) is 0 Å². The van der Waals surface area contributed by atoms with Gasteiger partial charge >= 0.3 is 0 Å². The molecule has 2 rings (SSSR count). The zero-order valence-corrected chi connectivity index (χ0v) is 30.1. The number of nitrogens with one attached hydrogen (secondary N) is 2. The number of amides is 4. The van der Waals surface area contributed by atoms with Gasteiger partial charge in [0.2, 0.25) is 23.6 Å². The van der Waals surface area contributed by atoms with Crippen molar-refractivity contribution in [1.82, 2.24) is 25.3 Å². The first-order chi connectivity index (χ1) is 21.0. The van der Waals surface area contributed by atoms with Crippen molar-refractivity contribution >= 4 is 23.6 Å². The molecule has 10 nitrogen and oxygen atoms in total. The predicted molar refractivity (Wildman–Crippen MR) is 179 cm³/mol. The first-order valence-electron chi connectivity index (χ1n) is 17.2. The highest BCUT2D eigenvalue weighted by Gasteiger charge is 2.40. The minimum absolute atomic E-state index is 0.0125. The first-order valence-corrected chi connectivity index (χ1v) is 17.2. The number of hydrogen-bond acceptors (Lipinski definition) is 6. The number of likely N-dealkylation sites (N-methyl/N-ethyl adjacent to an activating group) is 1. The van der Waals surface area contributed by atoms with Gasteiger partial charge in [0.1, 0.15) is 12.1 Å². The lowest BCUT2D eigenvalue weighted by Gasteiger charge is -2.41. The lowest BCUT2D eigenvalue weighted by molar-refractivity contribution is -0.142. The summed E-state index contributed by atoms with van der Waals surface area (Å²) in [6.45, 7) is 22.4. The Balaban J connectivity index is 2.17. The van der Waals surface area contributed by atoms with Gasteiger partial charge in [-0.05, 0) is 84.6 Å². The van der Waals surface area contributed by atoms with Crippen molar-refractivity contribution in [2.24, 2.45) is 11.3 Å². The molecule has 0 bridgehead atoms. The van der Waals surface area contributed by atoms with Crippen LogP contribution in [-0.2, 0) is 23.9 Å². The quantitative estimate of drug-likeness (QED) is 0.220. The van der Waals surface area contributed by atoms with Gasteiger partial charge in [0.05, 0.1) is 18.2 Å². The third kappa shape index (κ3) is 11.1. The smallest absolute Gasteiger partial charge is 0.249 e. The van der Waals surface area contributed by atoms with E-state index in [1.807, 2.05) is 54.5 Å². The SMILES string of the molecule is CC(=C[C@H](C(C)C)N(C)C(=O)[C@@H](NC(=O)[C@H]1CCCCN1C(C)C)C(C)(C)C)C(=O)N1CCC[C@H]1C(=O)NCCCOC(C)C. The summed E-state index contributed by atoms with van der Waals surface area (Å²) in [6.07, 6.45) is 6.96. The number of piperidine rings is 1. The fourth-order valence-electron chi connectivity index (χ4n) is 6.40. The Morgan fingerprint density at radius 3 is 2.16 bits per heavy atom. The molecule has 258 valence electrons. The minimum Gasteiger partial charge on any atom is -0.379 e. The van der Waals surface area contributed by atoms with Crippen LogP contribution >= 0.6 is 0 Å². The van der Waals surface area contributed by atoms with Crippen molar-refractivity contribution in [3.63, 3.8) is 0 Å². The van der Waals surface area contributed by atoms with Crippen LogP contribution in [0.2, 0.25) is 0 Å². The van der Waals surface area contributed by atoms with Crippen LogP contribution in [0.4, 0.5) is 0 Å². The van der Waals surface area contributed by atoms with Gasteiger partial charge in [-0.2, -0.15) is 0 Å². The lowest BCUT2D eigenvalue weighted by Crippen LogP contribution is -2.60. The van der Waals surface area contributed by atoms with E-state index in [-0.39, 0.29) is 53.8 Å². The predicted octanol–water partition coefficient (Wildman–Crippen LogP) is 4.13. The van der Waals surface area contributed by atoms with Gasteiger partial charge in [-0.3, -0.25) is 24.1 Å². The summed E-state index contributed by atoms with van der Waals surface area (Å²) in [5.74, 6) is -0.590. The summed E-state index contributed by atoms with van der Waals surface area (Å²) in [6, 6.07) is -1.61. The van der Waals surface area contributed by atoms with Gasteiger partial charge in [-0.1, -0.05) is 47.1 Å². The first kappa shape index (κ1) is 38.7.